The molecule has 98 valence electrons. The van der Waals surface area contributed by atoms with Gasteiger partial charge in [0.25, 0.3) is 0 Å². The summed E-state index contributed by atoms with van der Waals surface area (Å²) in [6, 6.07) is 12.4. The fraction of sp³-hybridized carbons (Fsp3) is 0.0833. The molecule has 7 heteroatoms. The summed E-state index contributed by atoms with van der Waals surface area (Å²) in [5.41, 5.74) is 3.27. The van der Waals surface area contributed by atoms with Crippen molar-refractivity contribution in [2.24, 2.45) is 5.84 Å². The van der Waals surface area contributed by atoms with Crippen LogP contribution in [0.5, 0.6) is 0 Å². The molecule has 1 aromatic carbocycles. The Morgan fingerprint density at radius 2 is 1.95 bits per heavy atom. The third-order valence-electron chi connectivity index (χ3n) is 2.52. The quantitative estimate of drug-likeness (QED) is 0.430. The van der Waals surface area contributed by atoms with Crippen molar-refractivity contribution < 1.29 is 4.92 Å². The zero-order valence-corrected chi connectivity index (χ0v) is 10.0. The summed E-state index contributed by atoms with van der Waals surface area (Å²) in [4.78, 5) is 14.5. The molecule has 0 saturated heterocycles. The molecular formula is C12H13N5O2. The van der Waals surface area contributed by atoms with Crippen LogP contribution in [0, 0.1) is 10.1 Å². The molecule has 4 N–H and O–H groups in total. The van der Waals surface area contributed by atoms with E-state index in [1.165, 1.54) is 12.1 Å². The lowest BCUT2D eigenvalue weighted by atomic mass is 10.2. The Morgan fingerprint density at radius 3 is 2.58 bits per heavy atom. The first-order chi connectivity index (χ1) is 9.20. The lowest BCUT2D eigenvalue weighted by molar-refractivity contribution is -0.384. The van der Waals surface area contributed by atoms with Gasteiger partial charge in [0.05, 0.1) is 4.92 Å². The average Bonchev–Trinajstić information content (AvgIpc) is 2.45. The molecule has 0 amide bonds. The van der Waals surface area contributed by atoms with Gasteiger partial charge in [-0.3, -0.25) is 10.1 Å². The van der Waals surface area contributed by atoms with Crippen LogP contribution in [-0.2, 0) is 6.54 Å². The Labute approximate surface area is 109 Å². The number of nitrogens with zero attached hydrogens (tertiary/aromatic N) is 2. The third-order valence-corrected chi connectivity index (χ3v) is 2.52. The number of benzene rings is 1. The number of anilines is 2. The second-order valence-electron chi connectivity index (χ2n) is 3.80. The molecule has 7 nitrogen and oxygen atoms in total. The monoisotopic (exact) mass is 259 g/mol. The van der Waals surface area contributed by atoms with Gasteiger partial charge in [-0.1, -0.05) is 30.3 Å². The van der Waals surface area contributed by atoms with Gasteiger partial charge in [0.2, 0.25) is 5.82 Å². The van der Waals surface area contributed by atoms with Gasteiger partial charge in [-0.25, -0.2) is 10.8 Å². The van der Waals surface area contributed by atoms with Gasteiger partial charge in [0, 0.05) is 12.6 Å². The minimum Gasteiger partial charge on any atom is -0.360 e. The van der Waals surface area contributed by atoms with Crippen LogP contribution in [0.15, 0.2) is 42.5 Å². The molecule has 0 saturated carbocycles. The summed E-state index contributed by atoms with van der Waals surface area (Å²) in [7, 11) is 0. The Kier molecular flexibility index (Phi) is 3.89. The van der Waals surface area contributed by atoms with E-state index in [9.17, 15) is 10.1 Å². The molecular weight excluding hydrogens is 246 g/mol. The van der Waals surface area contributed by atoms with E-state index in [4.69, 9.17) is 5.84 Å². The van der Waals surface area contributed by atoms with Gasteiger partial charge < -0.3 is 10.7 Å². The minimum absolute atomic E-state index is 0.0880. The van der Waals surface area contributed by atoms with Crippen molar-refractivity contribution in [1.29, 1.82) is 0 Å². The lowest BCUT2D eigenvalue weighted by Crippen LogP contribution is -2.11. The van der Waals surface area contributed by atoms with Crippen LogP contribution >= 0.6 is 0 Å². The Bertz CT molecular complexity index is 574. The van der Waals surface area contributed by atoms with E-state index in [2.05, 4.69) is 15.7 Å². The topological polar surface area (TPSA) is 106 Å². The first kappa shape index (κ1) is 12.8. The van der Waals surface area contributed by atoms with E-state index in [0.29, 0.717) is 12.4 Å². The second kappa shape index (κ2) is 5.78. The molecule has 2 rings (SSSR count). The fourth-order valence-electron chi connectivity index (χ4n) is 1.59. The minimum atomic E-state index is -0.485. The van der Waals surface area contributed by atoms with Crippen molar-refractivity contribution in [2.75, 3.05) is 10.7 Å². The zero-order chi connectivity index (χ0) is 13.7. The second-order valence-corrected chi connectivity index (χ2v) is 3.80. The van der Waals surface area contributed by atoms with Crippen molar-refractivity contribution in [3.05, 3.63) is 58.1 Å². The van der Waals surface area contributed by atoms with Crippen molar-refractivity contribution >= 4 is 17.3 Å². The lowest BCUT2D eigenvalue weighted by Gasteiger charge is -2.08. The van der Waals surface area contributed by atoms with Crippen molar-refractivity contribution in [2.45, 2.75) is 6.54 Å². The van der Waals surface area contributed by atoms with Crippen LogP contribution in [0.25, 0.3) is 0 Å². The van der Waals surface area contributed by atoms with E-state index >= 15 is 0 Å². The predicted molar refractivity (Wildman–Crippen MR) is 72.5 cm³/mol. The summed E-state index contributed by atoms with van der Waals surface area (Å²) in [6.07, 6.45) is 0. The fourth-order valence-corrected chi connectivity index (χ4v) is 1.59. The van der Waals surface area contributed by atoms with Gasteiger partial charge >= 0.3 is 5.69 Å². The highest BCUT2D eigenvalue weighted by molar-refractivity contribution is 5.60. The Hall–Kier alpha value is -2.67. The molecule has 19 heavy (non-hydrogen) atoms. The number of hydrogen-bond acceptors (Lipinski definition) is 6. The van der Waals surface area contributed by atoms with Crippen LogP contribution in [0.4, 0.5) is 17.3 Å². The van der Waals surface area contributed by atoms with Gasteiger partial charge in [0.15, 0.2) is 0 Å². The average molecular weight is 259 g/mol. The molecule has 0 aliphatic heterocycles. The van der Waals surface area contributed by atoms with Crippen molar-refractivity contribution in [3.63, 3.8) is 0 Å². The molecule has 0 fully saturated rings. The molecule has 0 radical (unpaired) electrons. The largest absolute Gasteiger partial charge is 0.360 e. The highest BCUT2D eigenvalue weighted by Crippen LogP contribution is 2.24. The van der Waals surface area contributed by atoms with E-state index in [1.54, 1.807) is 0 Å². The number of nitro groups is 1. The predicted octanol–water partition coefficient (Wildman–Crippen LogP) is 1.89. The molecule has 1 heterocycles. The SMILES string of the molecule is NNc1ccc([N+](=O)[O-])c(NCc2ccccc2)n1. The smallest absolute Gasteiger partial charge is 0.311 e. The summed E-state index contributed by atoms with van der Waals surface area (Å²) >= 11 is 0. The number of hydrazine groups is 1. The molecule has 0 atom stereocenters. The maximum absolute atomic E-state index is 10.9. The van der Waals surface area contributed by atoms with Gasteiger partial charge in [-0.2, -0.15) is 0 Å². The maximum atomic E-state index is 10.9. The van der Waals surface area contributed by atoms with Crippen LogP contribution in [-0.4, -0.2) is 9.91 Å². The number of pyridine rings is 1. The molecule has 1 aromatic heterocycles. The van der Waals surface area contributed by atoms with E-state index in [1.807, 2.05) is 30.3 Å². The molecule has 2 aromatic rings. The van der Waals surface area contributed by atoms with Gasteiger partial charge in [-0.05, 0) is 11.6 Å². The van der Waals surface area contributed by atoms with Crippen LogP contribution in [0.2, 0.25) is 0 Å². The highest BCUT2D eigenvalue weighted by atomic mass is 16.6. The molecule has 0 aliphatic rings. The number of nitrogens with one attached hydrogen (secondary N) is 2. The number of rotatable bonds is 5. The number of aromatic nitrogens is 1. The van der Waals surface area contributed by atoms with Crippen molar-refractivity contribution in [3.8, 4) is 0 Å². The van der Waals surface area contributed by atoms with Crippen LogP contribution in [0.1, 0.15) is 5.56 Å². The molecule has 0 spiro atoms. The van der Waals surface area contributed by atoms with E-state index < -0.39 is 4.92 Å². The molecule has 0 aliphatic carbocycles. The highest BCUT2D eigenvalue weighted by Gasteiger charge is 2.15. The standard InChI is InChI=1S/C12H13N5O2/c13-16-11-7-6-10(17(18)19)12(15-11)14-8-9-4-2-1-3-5-9/h1-7H,8,13H2,(H2,14,15,16). The summed E-state index contributed by atoms with van der Waals surface area (Å²) < 4.78 is 0. The van der Waals surface area contributed by atoms with Crippen molar-refractivity contribution in [1.82, 2.24) is 4.98 Å². The maximum Gasteiger partial charge on any atom is 0.311 e. The molecule has 0 bridgehead atoms. The van der Waals surface area contributed by atoms with E-state index in [-0.39, 0.29) is 11.5 Å². The summed E-state index contributed by atoms with van der Waals surface area (Å²) in [5.74, 6) is 5.79. The van der Waals surface area contributed by atoms with Gasteiger partial charge in [0.1, 0.15) is 5.82 Å². The normalized spacial score (nSPS) is 9.95. The van der Waals surface area contributed by atoms with E-state index in [0.717, 1.165) is 5.56 Å². The number of hydrogen-bond donors (Lipinski definition) is 3. The van der Waals surface area contributed by atoms with Crippen LogP contribution in [0.3, 0.4) is 0 Å². The third kappa shape index (κ3) is 3.17. The Balaban J connectivity index is 2.20. The number of nitrogens with two attached hydrogens (primary N) is 1. The summed E-state index contributed by atoms with van der Waals surface area (Å²) in [6.45, 7) is 0.447. The summed E-state index contributed by atoms with van der Waals surface area (Å²) in [5, 5.41) is 13.8. The van der Waals surface area contributed by atoms with Crippen LogP contribution < -0.4 is 16.6 Å². The first-order valence-electron chi connectivity index (χ1n) is 5.60. The zero-order valence-electron chi connectivity index (χ0n) is 10.0. The Morgan fingerprint density at radius 1 is 1.21 bits per heavy atom. The van der Waals surface area contributed by atoms with Gasteiger partial charge in [-0.15, -0.1) is 0 Å². The first-order valence-corrected chi connectivity index (χ1v) is 5.60. The molecule has 0 unspecified atom stereocenters. The number of nitrogen functional groups attached to an aromatic ring is 1.